The molecule has 0 spiro atoms. The summed E-state index contributed by atoms with van der Waals surface area (Å²) >= 11 is 18.6. The fraction of sp³-hybridized carbons (Fsp3) is 0.0769. The van der Waals surface area contributed by atoms with Gasteiger partial charge < -0.3 is 0 Å². The van der Waals surface area contributed by atoms with Crippen LogP contribution in [0, 0.1) is 6.92 Å². The van der Waals surface area contributed by atoms with E-state index in [4.69, 9.17) is 23.2 Å². The summed E-state index contributed by atoms with van der Waals surface area (Å²) in [5.74, 6) is 0. The van der Waals surface area contributed by atoms with Crippen molar-refractivity contribution in [2.45, 2.75) is 11.8 Å². The number of aryl methyl sites for hydroxylation is 1. The highest BCUT2D eigenvalue weighted by Gasteiger charge is 2.22. The van der Waals surface area contributed by atoms with Gasteiger partial charge in [0.25, 0.3) is 10.0 Å². The monoisotopic (exact) mass is 471 g/mol. The molecule has 0 fully saturated rings. The molecule has 0 aliphatic carbocycles. The number of anilines is 1. The first kappa shape index (κ1) is 17.1. The minimum absolute atomic E-state index is 0.0491. The van der Waals surface area contributed by atoms with Crippen LogP contribution in [-0.4, -0.2) is 8.42 Å². The van der Waals surface area contributed by atoms with Crippen LogP contribution in [0.25, 0.3) is 0 Å². The summed E-state index contributed by atoms with van der Waals surface area (Å²) in [6.07, 6.45) is 0. The van der Waals surface area contributed by atoms with Gasteiger partial charge in [-0.15, -0.1) is 0 Å². The van der Waals surface area contributed by atoms with Crippen molar-refractivity contribution in [3.05, 3.63) is 54.9 Å². The van der Waals surface area contributed by atoms with Gasteiger partial charge in [-0.05, 0) is 36.8 Å². The maximum atomic E-state index is 12.4. The molecule has 0 atom stereocenters. The minimum Gasteiger partial charge on any atom is -0.280 e. The van der Waals surface area contributed by atoms with Crippen molar-refractivity contribution in [2.75, 3.05) is 4.72 Å². The highest BCUT2D eigenvalue weighted by molar-refractivity contribution is 9.10. The predicted octanol–water partition coefficient (Wildman–Crippen LogP) is 5.63. The summed E-state index contributed by atoms with van der Waals surface area (Å²) in [5.41, 5.74) is 1.42. The van der Waals surface area contributed by atoms with Crippen molar-refractivity contribution in [3.8, 4) is 0 Å². The molecule has 21 heavy (non-hydrogen) atoms. The fourth-order valence-electron chi connectivity index (χ4n) is 1.65. The van der Waals surface area contributed by atoms with Gasteiger partial charge in [-0.25, -0.2) is 8.42 Å². The zero-order chi connectivity index (χ0) is 15.8. The van der Waals surface area contributed by atoms with E-state index in [2.05, 4.69) is 36.6 Å². The third kappa shape index (κ3) is 3.93. The van der Waals surface area contributed by atoms with Crippen molar-refractivity contribution in [3.63, 3.8) is 0 Å². The molecule has 0 bridgehead atoms. The lowest BCUT2D eigenvalue weighted by Crippen LogP contribution is -2.14. The Morgan fingerprint density at radius 3 is 2.14 bits per heavy atom. The maximum absolute atomic E-state index is 12.4. The smallest absolute Gasteiger partial charge is 0.264 e. The van der Waals surface area contributed by atoms with Crippen LogP contribution in [0.2, 0.25) is 10.0 Å². The van der Waals surface area contributed by atoms with Gasteiger partial charge >= 0.3 is 0 Å². The van der Waals surface area contributed by atoms with Gasteiger partial charge in [-0.3, -0.25) is 4.72 Å². The molecule has 0 radical (unpaired) electrons. The van der Waals surface area contributed by atoms with E-state index in [1.54, 1.807) is 18.2 Å². The van der Waals surface area contributed by atoms with Gasteiger partial charge in [0.1, 0.15) is 4.90 Å². The van der Waals surface area contributed by atoms with Crippen LogP contribution in [0.3, 0.4) is 0 Å². The summed E-state index contributed by atoms with van der Waals surface area (Å²) < 4.78 is 28.7. The fourth-order valence-corrected chi connectivity index (χ4v) is 5.02. The third-order valence-electron chi connectivity index (χ3n) is 2.66. The molecule has 2 rings (SSSR count). The molecule has 0 aromatic heterocycles. The highest BCUT2D eigenvalue weighted by Crippen LogP contribution is 2.34. The molecule has 0 saturated carbocycles. The molecule has 1 N–H and O–H groups in total. The standard InChI is InChI=1S/C13H9Br2Cl2NO2S/c1-7-2-3-9(6-10(7)15)18-21(19,20)13-11(16)4-8(14)5-12(13)17/h2-6,18H,1H3. The van der Waals surface area contributed by atoms with Crippen LogP contribution < -0.4 is 4.72 Å². The zero-order valence-electron chi connectivity index (χ0n) is 10.6. The number of rotatable bonds is 3. The Hall–Kier alpha value is -0.270. The lowest BCUT2D eigenvalue weighted by Gasteiger charge is -2.12. The van der Waals surface area contributed by atoms with Crippen LogP contribution in [0.5, 0.6) is 0 Å². The second-order valence-electron chi connectivity index (χ2n) is 4.27. The zero-order valence-corrected chi connectivity index (χ0v) is 16.1. The van der Waals surface area contributed by atoms with Crippen LogP contribution in [0.15, 0.2) is 44.2 Å². The molecule has 3 nitrogen and oxygen atoms in total. The number of nitrogens with one attached hydrogen (secondary N) is 1. The molecule has 0 aliphatic heterocycles. The van der Waals surface area contributed by atoms with Crippen LogP contribution in [-0.2, 0) is 10.0 Å². The molecular weight excluding hydrogens is 465 g/mol. The summed E-state index contributed by atoms with van der Waals surface area (Å²) in [6, 6.07) is 8.10. The Morgan fingerprint density at radius 2 is 1.62 bits per heavy atom. The third-order valence-corrected chi connectivity index (χ3v) is 6.27. The van der Waals surface area contributed by atoms with Gasteiger partial charge in [-0.1, -0.05) is 61.1 Å². The lowest BCUT2D eigenvalue weighted by molar-refractivity contribution is 0.601. The van der Waals surface area contributed by atoms with E-state index < -0.39 is 10.0 Å². The summed E-state index contributed by atoms with van der Waals surface area (Å²) in [6.45, 7) is 1.91. The second-order valence-corrected chi connectivity index (χ2v) is 8.47. The predicted molar refractivity (Wildman–Crippen MR) is 93.8 cm³/mol. The van der Waals surface area contributed by atoms with Crippen molar-refractivity contribution in [1.29, 1.82) is 0 Å². The summed E-state index contributed by atoms with van der Waals surface area (Å²) in [7, 11) is -3.88. The number of benzene rings is 2. The van der Waals surface area contributed by atoms with Gasteiger partial charge in [-0.2, -0.15) is 0 Å². The number of halogens is 4. The van der Waals surface area contributed by atoms with E-state index in [1.807, 2.05) is 6.92 Å². The Kier molecular flexibility index (Phi) is 5.26. The molecule has 112 valence electrons. The Labute approximate surface area is 150 Å². The number of hydrogen-bond acceptors (Lipinski definition) is 2. The molecule has 0 amide bonds. The SMILES string of the molecule is Cc1ccc(NS(=O)(=O)c2c(Cl)cc(Br)cc2Cl)cc1Br. The topological polar surface area (TPSA) is 46.2 Å². The first-order valence-electron chi connectivity index (χ1n) is 5.64. The minimum atomic E-state index is -3.88. The molecule has 2 aromatic rings. The molecule has 8 heteroatoms. The highest BCUT2D eigenvalue weighted by atomic mass is 79.9. The van der Waals surface area contributed by atoms with E-state index in [9.17, 15) is 8.42 Å². The molecular formula is C13H9Br2Cl2NO2S. The van der Waals surface area contributed by atoms with E-state index in [0.717, 1.165) is 10.0 Å². The van der Waals surface area contributed by atoms with Gasteiger partial charge in [0.2, 0.25) is 0 Å². The molecule has 0 heterocycles. The number of sulfonamides is 1. The first-order chi connectivity index (χ1) is 9.70. The molecule has 0 aliphatic rings. The van der Waals surface area contributed by atoms with E-state index in [0.29, 0.717) is 10.2 Å². The molecule has 2 aromatic carbocycles. The Balaban J connectivity index is 2.46. The van der Waals surface area contributed by atoms with Crippen LogP contribution in [0.4, 0.5) is 5.69 Å². The van der Waals surface area contributed by atoms with E-state index in [-0.39, 0.29) is 14.9 Å². The van der Waals surface area contributed by atoms with Crippen LogP contribution >= 0.6 is 55.1 Å². The van der Waals surface area contributed by atoms with Gasteiger partial charge in [0, 0.05) is 14.6 Å². The van der Waals surface area contributed by atoms with Crippen molar-refractivity contribution in [2.24, 2.45) is 0 Å². The molecule has 0 unspecified atom stereocenters. The van der Waals surface area contributed by atoms with E-state index >= 15 is 0 Å². The average Bonchev–Trinajstić information content (AvgIpc) is 2.31. The van der Waals surface area contributed by atoms with Crippen molar-refractivity contribution >= 4 is 70.8 Å². The number of hydrogen-bond donors (Lipinski definition) is 1. The largest absolute Gasteiger partial charge is 0.280 e. The summed E-state index contributed by atoms with van der Waals surface area (Å²) in [4.78, 5) is -0.147. The normalized spacial score (nSPS) is 11.5. The first-order valence-corrected chi connectivity index (χ1v) is 9.47. The van der Waals surface area contributed by atoms with Crippen LogP contribution in [0.1, 0.15) is 5.56 Å². The second kappa shape index (κ2) is 6.46. The lowest BCUT2D eigenvalue weighted by atomic mass is 10.2. The van der Waals surface area contributed by atoms with Gasteiger partial charge in [0.15, 0.2) is 0 Å². The maximum Gasteiger partial charge on any atom is 0.264 e. The Bertz CT molecular complexity index is 787. The van der Waals surface area contributed by atoms with Crippen molar-refractivity contribution < 1.29 is 8.42 Å². The quantitative estimate of drug-likeness (QED) is 0.628. The molecule has 0 saturated heterocycles. The summed E-state index contributed by atoms with van der Waals surface area (Å²) in [5, 5.41) is 0.0982. The van der Waals surface area contributed by atoms with Gasteiger partial charge in [0.05, 0.1) is 10.0 Å². The van der Waals surface area contributed by atoms with E-state index in [1.165, 1.54) is 12.1 Å². The average molecular weight is 474 g/mol. The Morgan fingerprint density at radius 1 is 1.05 bits per heavy atom. The van der Waals surface area contributed by atoms with Crippen molar-refractivity contribution in [1.82, 2.24) is 0 Å².